The lowest BCUT2D eigenvalue weighted by Gasteiger charge is -2.23. The van der Waals surface area contributed by atoms with Gasteiger partial charge in [-0.05, 0) is 29.7 Å². The second-order valence-electron chi connectivity index (χ2n) is 4.14. The average molecular weight is 212 g/mol. The summed E-state index contributed by atoms with van der Waals surface area (Å²) in [6.45, 7) is 3.74. The quantitative estimate of drug-likeness (QED) is 0.584. The summed E-state index contributed by atoms with van der Waals surface area (Å²) < 4.78 is 0. The van der Waals surface area contributed by atoms with Gasteiger partial charge in [0.05, 0.1) is 5.54 Å². The van der Waals surface area contributed by atoms with Crippen molar-refractivity contribution in [3.63, 3.8) is 0 Å². The number of hydrogen-bond donors (Lipinski definition) is 2. The van der Waals surface area contributed by atoms with Crippen LogP contribution < -0.4 is 11.5 Å². The van der Waals surface area contributed by atoms with E-state index >= 15 is 0 Å². The topological polar surface area (TPSA) is 52.0 Å². The molecular weight excluding hydrogens is 196 g/mol. The Bertz CT molecular complexity index is 454. The largest absolute Gasteiger partial charge is 0.399 e. The fourth-order valence-electron chi connectivity index (χ4n) is 1.71. The standard InChI is InChI=1S/C14H16N2/c1-2-14(16)9-7-12(8-10-14)11-3-5-13(15)6-4-11/h2-9H,1,10,15-16H2. The second-order valence-corrected chi connectivity index (χ2v) is 4.14. The SMILES string of the molecule is C=CC1(N)C=CC(c2ccc(N)cc2)=CC1. The molecule has 2 rings (SSSR count). The number of rotatable bonds is 2. The molecule has 0 spiro atoms. The molecule has 1 atom stereocenters. The zero-order chi connectivity index (χ0) is 11.6. The fourth-order valence-corrected chi connectivity index (χ4v) is 1.71. The maximum Gasteiger partial charge on any atom is 0.0560 e. The van der Waals surface area contributed by atoms with Crippen LogP contribution in [0.1, 0.15) is 12.0 Å². The second kappa shape index (κ2) is 3.99. The highest BCUT2D eigenvalue weighted by Crippen LogP contribution is 2.26. The first-order valence-electron chi connectivity index (χ1n) is 5.31. The van der Waals surface area contributed by atoms with Crippen LogP contribution in [0.4, 0.5) is 5.69 Å². The van der Waals surface area contributed by atoms with Gasteiger partial charge in [-0.25, -0.2) is 0 Å². The molecule has 0 aliphatic heterocycles. The van der Waals surface area contributed by atoms with Crippen molar-refractivity contribution >= 4 is 11.3 Å². The summed E-state index contributed by atoms with van der Waals surface area (Å²) in [7, 11) is 0. The third kappa shape index (κ3) is 2.07. The third-order valence-electron chi connectivity index (χ3n) is 2.87. The Kier molecular flexibility index (Phi) is 2.67. The van der Waals surface area contributed by atoms with Crippen LogP contribution in [0.3, 0.4) is 0 Å². The molecule has 0 fully saturated rings. The van der Waals surface area contributed by atoms with E-state index < -0.39 is 5.54 Å². The first-order valence-corrected chi connectivity index (χ1v) is 5.31. The Morgan fingerprint density at radius 2 is 1.94 bits per heavy atom. The Hall–Kier alpha value is -1.80. The van der Waals surface area contributed by atoms with E-state index in [9.17, 15) is 0 Å². The van der Waals surface area contributed by atoms with Gasteiger partial charge in [-0.15, -0.1) is 6.58 Å². The van der Waals surface area contributed by atoms with Gasteiger partial charge < -0.3 is 11.5 Å². The van der Waals surface area contributed by atoms with Gasteiger partial charge in [0.15, 0.2) is 0 Å². The lowest BCUT2D eigenvalue weighted by atomic mass is 9.88. The first kappa shape index (κ1) is 10.7. The fraction of sp³-hybridized carbons (Fsp3) is 0.143. The van der Waals surface area contributed by atoms with Gasteiger partial charge in [0.2, 0.25) is 0 Å². The van der Waals surface area contributed by atoms with E-state index in [1.54, 1.807) is 6.08 Å². The van der Waals surface area contributed by atoms with E-state index in [1.807, 2.05) is 36.4 Å². The average Bonchev–Trinajstić information content (AvgIpc) is 2.32. The first-order chi connectivity index (χ1) is 7.63. The summed E-state index contributed by atoms with van der Waals surface area (Å²) in [5.74, 6) is 0. The van der Waals surface area contributed by atoms with Crippen molar-refractivity contribution in [2.24, 2.45) is 5.73 Å². The van der Waals surface area contributed by atoms with Crippen LogP contribution in [0.5, 0.6) is 0 Å². The predicted molar refractivity (Wildman–Crippen MR) is 69.7 cm³/mol. The molecule has 1 aromatic carbocycles. The van der Waals surface area contributed by atoms with E-state index in [0.29, 0.717) is 0 Å². The summed E-state index contributed by atoms with van der Waals surface area (Å²) in [5.41, 5.74) is 14.4. The number of hydrogen-bond acceptors (Lipinski definition) is 2. The molecule has 0 bridgehead atoms. The van der Waals surface area contributed by atoms with Gasteiger partial charge >= 0.3 is 0 Å². The van der Waals surface area contributed by atoms with Gasteiger partial charge in [-0.2, -0.15) is 0 Å². The van der Waals surface area contributed by atoms with Crippen LogP contribution >= 0.6 is 0 Å². The van der Waals surface area contributed by atoms with Crippen LogP contribution in [0, 0.1) is 0 Å². The predicted octanol–water partition coefficient (Wildman–Crippen LogP) is 2.50. The molecule has 0 radical (unpaired) electrons. The molecule has 0 heterocycles. The highest BCUT2D eigenvalue weighted by molar-refractivity contribution is 5.76. The summed E-state index contributed by atoms with van der Waals surface area (Å²) in [6, 6.07) is 7.84. The zero-order valence-corrected chi connectivity index (χ0v) is 9.19. The molecule has 2 nitrogen and oxygen atoms in total. The Morgan fingerprint density at radius 1 is 1.25 bits per heavy atom. The number of benzene rings is 1. The molecular formula is C14H16N2. The van der Waals surface area contributed by atoms with Gasteiger partial charge in [-0.3, -0.25) is 0 Å². The van der Waals surface area contributed by atoms with Crippen molar-refractivity contribution in [3.8, 4) is 0 Å². The Morgan fingerprint density at radius 3 is 2.44 bits per heavy atom. The van der Waals surface area contributed by atoms with Gasteiger partial charge in [-0.1, -0.05) is 36.4 Å². The van der Waals surface area contributed by atoms with E-state index in [2.05, 4.69) is 12.7 Å². The highest BCUT2D eigenvalue weighted by Gasteiger charge is 2.18. The number of anilines is 1. The van der Waals surface area contributed by atoms with Crippen LogP contribution in [-0.2, 0) is 0 Å². The highest BCUT2D eigenvalue weighted by atomic mass is 14.7. The number of nitrogens with two attached hydrogens (primary N) is 2. The van der Waals surface area contributed by atoms with E-state index in [4.69, 9.17) is 11.5 Å². The van der Waals surface area contributed by atoms with Crippen LogP contribution in [0.2, 0.25) is 0 Å². The summed E-state index contributed by atoms with van der Waals surface area (Å²) in [4.78, 5) is 0. The minimum atomic E-state index is -0.392. The van der Waals surface area contributed by atoms with Crippen molar-refractivity contribution in [1.82, 2.24) is 0 Å². The molecule has 1 aliphatic rings. The monoisotopic (exact) mass is 212 g/mol. The maximum absolute atomic E-state index is 6.05. The molecule has 0 saturated heterocycles. The van der Waals surface area contributed by atoms with Crippen molar-refractivity contribution in [3.05, 3.63) is 60.7 Å². The minimum Gasteiger partial charge on any atom is -0.399 e. The smallest absolute Gasteiger partial charge is 0.0560 e. The molecule has 0 amide bonds. The lowest BCUT2D eigenvalue weighted by Crippen LogP contribution is -2.35. The maximum atomic E-state index is 6.05. The molecule has 1 aromatic rings. The molecule has 1 aliphatic carbocycles. The summed E-state index contributed by atoms with van der Waals surface area (Å²) in [5, 5.41) is 0. The normalized spacial score (nSPS) is 23.9. The number of nitrogen functional groups attached to an aromatic ring is 1. The molecule has 2 heteroatoms. The molecule has 0 aromatic heterocycles. The van der Waals surface area contributed by atoms with Crippen molar-refractivity contribution in [1.29, 1.82) is 0 Å². The van der Waals surface area contributed by atoms with Crippen LogP contribution in [0.25, 0.3) is 5.57 Å². The van der Waals surface area contributed by atoms with Crippen molar-refractivity contribution in [2.75, 3.05) is 5.73 Å². The Balaban J connectivity index is 2.23. The number of allylic oxidation sites excluding steroid dienone is 2. The van der Waals surface area contributed by atoms with Crippen LogP contribution in [-0.4, -0.2) is 5.54 Å². The van der Waals surface area contributed by atoms with E-state index in [-0.39, 0.29) is 0 Å². The van der Waals surface area contributed by atoms with Gasteiger partial charge in [0, 0.05) is 5.69 Å². The molecule has 4 N–H and O–H groups in total. The minimum absolute atomic E-state index is 0.392. The summed E-state index contributed by atoms with van der Waals surface area (Å²) in [6.07, 6.45) is 8.72. The lowest BCUT2D eigenvalue weighted by molar-refractivity contribution is 0.663. The Labute approximate surface area is 96.0 Å². The van der Waals surface area contributed by atoms with Gasteiger partial charge in [0.1, 0.15) is 0 Å². The molecule has 1 unspecified atom stereocenters. The molecule has 16 heavy (non-hydrogen) atoms. The van der Waals surface area contributed by atoms with Crippen molar-refractivity contribution in [2.45, 2.75) is 12.0 Å². The van der Waals surface area contributed by atoms with E-state index in [1.165, 1.54) is 5.57 Å². The molecule has 0 saturated carbocycles. The zero-order valence-electron chi connectivity index (χ0n) is 9.19. The summed E-state index contributed by atoms with van der Waals surface area (Å²) >= 11 is 0. The van der Waals surface area contributed by atoms with Crippen molar-refractivity contribution < 1.29 is 0 Å². The molecule has 82 valence electrons. The van der Waals surface area contributed by atoms with Gasteiger partial charge in [0.25, 0.3) is 0 Å². The van der Waals surface area contributed by atoms with Crippen LogP contribution in [0.15, 0.2) is 55.1 Å². The third-order valence-corrected chi connectivity index (χ3v) is 2.87. The van der Waals surface area contributed by atoms with E-state index in [0.717, 1.165) is 17.7 Å².